The lowest BCUT2D eigenvalue weighted by molar-refractivity contribution is -0.139. The summed E-state index contributed by atoms with van der Waals surface area (Å²) in [5.74, 6) is -1.07. The first kappa shape index (κ1) is 17.7. The van der Waals surface area contributed by atoms with Gasteiger partial charge in [0, 0.05) is 13.7 Å². The Morgan fingerprint density at radius 3 is 2.67 bits per heavy atom. The quantitative estimate of drug-likeness (QED) is 0.412. The molecular weight excluding hydrogens is 276 g/mol. The highest BCUT2D eigenvalue weighted by Crippen LogP contribution is 2.17. The van der Waals surface area contributed by atoms with Crippen molar-refractivity contribution in [2.75, 3.05) is 13.7 Å². The van der Waals surface area contributed by atoms with Gasteiger partial charge in [0.2, 0.25) is 0 Å². The van der Waals surface area contributed by atoms with Crippen LogP contribution in [-0.2, 0) is 9.53 Å². The third-order valence-corrected chi connectivity index (χ3v) is 3.74. The number of aliphatic carboxylic acids is 1. The predicted molar refractivity (Wildman–Crippen MR) is 77.1 cm³/mol. The second-order valence-corrected chi connectivity index (χ2v) is 5.46. The van der Waals surface area contributed by atoms with Crippen molar-refractivity contribution in [1.29, 1.82) is 0 Å². The average Bonchev–Trinajstić information content (AvgIpc) is 2.63. The highest BCUT2D eigenvalue weighted by atomic mass is 16.5. The number of urea groups is 1. The van der Waals surface area contributed by atoms with Gasteiger partial charge >= 0.3 is 12.0 Å². The number of aliphatic hydroxyl groups is 1. The van der Waals surface area contributed by atoms with Crippen LogP contribution in [0.2, 0.25) is 0 Å². The molecule has 0 aromatic rings. The molecule has 0 aromatic carbocycles. The van der Waals surface area contributed by atoms with Gasteiger partial charge in [0.1, 0.15) is 6.04 Å². The van der Waals surface area contributed by atoms with Gasteiger partial charge in [-0.1, -0.05) is 19.3 Å². The maximum atomic E-state index is 11.9. The number of carbonyl (C=O) groups is 2. The Morgan fingerprint density at radius 1 is 1.29 bits per heavy atom. The monoisotopic (exact) mass is 302 g/mol. The molecule has 1 aliphatic rings. The van der Waals surface area contributed by atoms with Gasteiger partial charge in [-0.05, 0) is 25.7 Å². The van der Waals surface area contributed by atoms with Gasteiger partial charge in [-0.15, -0.1) is 0 Å². The van der Waals surface area contributed by atoms with E-state index in [1.54, 1.807) is 7.11 Å². The molecule has 7 heteroatoms. The molecule has 0 aromatic heterocycles. The predicted octanol–water partition coefficient (Wildman–Crippen LogP) is 0.859. The molecule has 1 aliphatic carbocycles. The van der Waals surface area contributed by atoms with Crippen molar-refractivity contribution in [3.63, 3.8) is 0 Å². The lowest BCUT2D eigenvalue weighted by atomic mass is 10.1. The third kappa shape index (κ3) is 6.77. The fraction of sp³-hybridized carbons (Fsp3) is 0.857. The number of carboxylic acid groups (broad SMARTS) is 1. The molecule has 4 N–H and O–H groups in total. The average molecular weight is 302 g/mol. The molecule has 0 spiro atoms. The summed E-state index contributed by atoms with van der Waals surface area (Å²) < 4.78 is 4.87. The number of nitrogens with one attached hydrogen (secondary N) is 2. The number of carboxylic acids is 1. The number of carbonyl (C=O) groups excluding carboxylic acids is 1. The van der Waals surface area contributed by atoms with Crippen LogP contribution in [0.5, 0.6) is 0 Å². The fourth-order valence-electron chi connectivity index (χ4n) is 2.51. The maximum Gasteiger partial charge on any atom is 0.326 e. The molecule has 0 radical (unpaired) electrons. The molecular formula is C14H26N2O5. The van der Waals surface area contributed by atoms with Crippen LogP contribution in [0.4, 0.5) is 4.79 Å². The molecule has 0 heterocycles. The molecule has 7 nitrogen and oxygen atoms in total. The molecule has 1 fully saturated rings. The minimum absolute atomic E-state index is 0.305. The molecule has 3 unspecified atom stereocenters. The van der Waals surface area contributed by atoms with Gasteiger partial charge in [0.15, 0.2) is 0 Å². The van der Waals surface area contributed by atoms with E-state index in [1.165, 1.54) is 0 Å². The summed E-state index contributed by atoms with van der Waals surface area (Å²) in [6.45, 7) is 0.453. The molecule has 0 bridgehead atoms. The van der Waals surface area contributed by atoms with E-state index >= 15 is 0 Å². The smallest absolute Gasteiger partial charge is 0.326 e. The number of hydrogen-bond acceptors (Lipinski definition) is 4. The van der Waals surface area contributed by atoms with Crippen molar-refractivity contribution in [1.82, 2.24) is 10.6 Å². The van der Waals surface area contributed by atoms with Crippen LogP contribution in [0.15, 0.2) is 0 Å². The third-order valence-electron chi connectivity index (χ3n) is 3.74. The molecule has 1 saturated carbocycles. The number of hydrogen-bond donors (Lipinski definition) is 4. The van der Waals surface area contributed by atoms with Crippen LogP contribution in [0.3, 0.4) is 0 Å². The Bertz CT molecular complexity index is 337. The van der Waals surface area contributed by atoms with E-state index in [4.69, 9.17) is 9.84 Å². The molecule has 0 aliphatic heterocycles. The number of methoxy groups -OCH3 is 1. The maximum absolute atomic E-state index is 11.9. The van der Waals surface area contributed by atoms with E-state index in [-0.39, 0.29) is 6.04 Å². The van der Waals surface area contributed by atoms with Gasteiger partial charge < -0.3 is 25.6 Å². The number of amides is 2. The standard InChI is InChI=1S/C14H26N2O5/c1-21-9-5-7-11(13(18)19)16-14(20)15-10-6-3-2-4-8-12(10)17/h10-12,17H,2-9H2,1H3,(H,18,19)(H2,15,16,20). The van der Waals surface area contributed by atoms with E-state index in [2.05, 4.69) is 10.6 Å². The lowest BCUT2D eigenvalue weighted by Gasteiger charge is -2.23. The van der Waals surface area contributed by atoms with E-state index in [9.17, 15) is 14.7 Å². The van der Waals surface area contributed by atoms with Gasteiger partial charge in [-0.25, -0.2) is 9.59 Å². The SMILES string of the molecule is COCCCC(NC(=O)NC1CCCCCC1O)C(=O)O. The van der Waals surface area contributed by atoms with Crippen LogP contribution in [0, 0.1) is 0 Å². The Morgan fingerprint density at radius 2 is 2.00 bits per heavy atom. The normalized spacial score (nSPS) is 23.9. The fourth-order valence-corrected chi connectivity index (χ4v) is 2.51. The highest BCUT2D eigenvalue weighted by molar-refractivity contribution is 5.82. The largest absolute Gasteiger partial charge is 0.480 e. The molecule has 21 heavy (non-hydrogen) atoms. The van der Waals surface area contributed by atoms with Gasteiger partial charge in [-0.2, -0.15) is 0 Å². The summed E-state index contributed by atoms with van der Waals surface area (Å²) in [5.41, 5.74) is 0. The first-order valence-electron chi connectivity index (χ1n) is 7.51. The summed E-state index contributed by atoms with van der Waals surface area (Å²) in [7, 11) is 1.54. The Kier molecular flexibility index (Phi) is 8.07. The summed E-state index contributed by atoms with van der Waals surface area (Å²) in [6.07, 6.45) is 4.65. The van der Waals surface area contributed by atoms with Crippen LogP contribution in [0.1, 0.15) is 44.9 Å². The van der Waals surface area contributed by atoms with Crippen molar-refractivity contribution in [3.8, 4) is 0 Å². The van der Waals surface area contributed by atoms with Crippen molar-refractivity contribution in [2.45, 2.75) is 63.1 Å². The van der Waals surface area contributed by atoms with E-state index in [0.717, 1.165) is 25.7 Å². The zero-order chi connectivity index (χ0) is 15.7. The van der Waals surface area contributed by atoms with Crippen LogP contribution in [-0.4, -0.2) is 54.1 Å². The van der Waals surface area contributed by atoms with E-state index in [1.807, 2.05) is 0 Å². The minimum atomic E-state index is -1.07. The highest BCUT2D eigenvalue weighted by Gasteiger charge is 2.25. The minimum Gasteiger partial charge on any atom is -0.480 e. The van der Waals surface area contributed by atoms with E-state index in [0.29, 0.717) is 25.9 Å². The number of rotatable bonds is 7. The van der Waals surface area contributed by atoms with Crippen molar-refractivity contribution < 1.29 is 24.5 Å². The first-order valence-corrected chi connectivity index (χ1v) is 7.51. The van der Waals surface area contributed by atoms with Crippen molar-refractivity contribution in [2.24, 2.45) is 0 Å². The molecule has 0 saturated heterocycles. The van der Waals surface area contributed by atoms with Crippen LogP contribution < -0.4 is 10.6 Å². The Hall–Kier alpha value is -1.34. The summed E-state index contributed by atoms with van der Waals surface area (Å²) in [6, 6.07) is -1.78. The topological polar surface area (TPSA) is 108 Å². The zero-order valence-corrected chi connectivity index (χ0v) is 12.5. The molecule has 2 amide bonds. The summed E-state index contributed by atoms with van der Waals surface area (Å²) >= 11 is 0. The summed E-state index contributed by atoms with van der Waals surface area (Å²) in [4.78, 5) is 23.0. The summed E-state index contributed by atoms with van der Waals surface area (Å²) in [5, 5.41) is 24.2. The van der Waals surface area contributed by atoms with Crippen molar-refractivity contribution >= 4 is 12.0 Å². The Balaban J connectivity index is 2.43. The van der Waals surface area contributed by atoms with Crippen LogP contribution >= 0.6 is 0 Å². The van der Waals surface area contributed by atoms with Gasteiger partial charge in [0.25, 0.3) is 0 Å². The van der Waals surface area contributed by atoms with Crippen LogP contribution in [0.25, 0.3) is 0 Å². The second kappa shape index (κ2) is 9.57. The Labute approximate surface area is 125 Å². The van der Waals surface area contributed by atoms with E-state index < -0.39 is 24.1 Å². The number of ether oxygens (including phenoxy) is 1. The van der Waals surface area contributed by atoms with Crippen molar-refractivity contribution in [3.05, 3.63) is 0 Å². The molecule has 1 rings (SSSR count). The first-order chi connectivity index (χ1) is 10.0. The second-order valence-electron chi connectivity index (χ2n) is 5.46. The lowest BCUT2D eigenvalue weighted by Crippen LogP contribution is -2.51. The molecule has 122 valence electrons. The molecule has 3 atom stereocenters. The number of aliphatic hydroxyl groups excluding tert-OH is 1. The zero-order valence-electron chi connectivity index (χ0n) is 12.5. The van der Waals surface area contributed by atoms with Gasteiger partial charge in [0.05, 0.1) is 12.1 Å². The van der Waals surface area contributed by atoms with Gasteiger partial charge in [-0.3, -0.25) is 0 Å².